The molecule has 0 amide bonds. The lowest BCUT2D eigenvalue weighted by Crippen LogP contribution is -2.46. The fraction of sp³-hybridized carbons (Fsp3) is 0.500. The summed E-state index contributed by atoms with van der Waals surface area (Å²) in [6, 6.07) is 7.64. The van der Waals surface area contributed by atoms with Gasteiger partial charge in [-0.25, -0.2) is 0 Å². The van der Waals surface area contributed by atoms with Gasteiger partial charge in [0.2, 0.25) is 0 Å². The summed E-state index contributed by atoms with van der Waals surface area (Å²) in [5.41, 5.74) is 2.34. The largest absolute Gasteiger partial charge is 0.480 e. The topological polar surface area (TPSA) is 49.8 Å². The minimum absolute atomic E-state index is 0.0262. The van der Waals surface area contributed by atoms with Gasteiger partial charge in [-0.3, -0.25) is 9.69 Å². The average molecular weight is 249 g/mol. The monoisotopic (exact) mass is 249 g/mol. The lowest BCUT2D eigenvalue weighted by Gasteiger charge is -2.35. The van der Waals surface area contributed by atoms with E-state index in [1.807, 2.05) is 17.0 Å². The molecule has 0 bridgehead atoms. The van der Waals surface area contributed by atoms with Gasteiger partial charge in [0.1, 0.15) is 6.04 Å². The Hall–Kier alpha value is -1.39. The van der Waals surface area contributed by atoms with Crippen molar-refractivity contribution in [2.24, 2.45) is 0 Å². The summed E-state index contributed by atoms with van der Waals surface area (Å²) in [4.78, 5) is 13.0. The van der Waals surface area contributed by atoms with E-state index in [-0.39, 0.29) is 6.10 Å². The molecule has 0 unspecified atom stereocenters. The Balaban J connectivity index is 2.12. The van der Waals surface area contributed by atoms with E-state index in [1.165, 1.54) is 5.56 Å². The third-order valence-electron chi connectivity index (χ3n) is 3.54. The van der Waals surface area contributed by atoms with Gasteiger partial charge >= 0.3 is 5.97 Å². The maximum atomic E-state index is 11.0. The number of nitrogens with zero attached hydrogens (tertiary/aromatic N) is 1. The summed E-state index contributed by atoms with van der Waals surface area (Å²) in [5, 5.41) is 9.06. The second kappa shape index (κ2) is 5.50. The number of carbonyl (C=O) groups is 1. The van der Waals surface area contributed by atoms with Crippen LogP contribution < -0.4 is 0 Å². The van der Waals surface area contributed by atoms with Gasteiger partial charge in [0.15, 0.2) is 0 Å². The highest BCUT2D eigenvalue weighted by Gasteiger charge is 2.28. The number of ether oxygens (including phenoxy) is 1. The van der Waals surface area contributed by atoms with Crippen LogP contribution >= 0.6 is 0 Å². The molecule has 1 N–H and O–H groups in total. The number of benzene rings is 1. The van der Waals surface area contributed by atoms with Crippen molar-refractivity contribution in [1.29, 1.82) is 0 Å². The van der Waals surface area contributed by atoms with Crippen LogP contribution in [-0.4, -0.2) is 41.7 Å². The number of rotatable bonds is 3. The van der Waals surface area contributed by atoms with E-state index in [0.717, 1.165) is 5.56 Å². The Bertz CT molecular complexity index is 433. The lowest BCUT2D eigenvalue weighted by atomic mass is 10.0. The first kappa shape index (κ1) is 13.1. The first-order valence-corrected chi connectivity index (χ1v) is 6.23. The van der Waals surface area contributed by atoms with Crippen LogP contribution in [0, 0.1) is 6.92 Å². The van der Waals surface area contributed by atoms with Gasteiger partial charge in [0.05, 0.1) is 12.7 Å². The Morgan fingerprint density at radius 2 is 2.22 bits per heavy atom. The second-order valence-corrected chi connectivity index (χ2v) is 4.73. The molecule has 1 aliphatic rings. The third kappa shape index (κ3) is 2.71. The summed E-state index contributed by atoms with van der Waals surface area (Å²) in [5.74, 6) is -0.777. The predicted molar refractivity (Wildman–Crippen MR) is 68.5 cm³/mol. The molecule has 1 aromatic rings. The molecule has 1 aromatic carbocycles. The maximum Gasteiger partial charge on any atom is 0.320 e. The summed E-state index contributed by atoms with van der Waals surface area (Å²) in [6.45, 7) is 5.67. The molecule has 4 heteroatoms. The van der Waals surface area contributed by atoms with Crippen molar-refractivity contribution in [1.82, 2.24) is 4.90 Å². The third-order valence-corrected chi connectivity index (χ3v) is 3.54. The zero-order valence-corrected chi connectivity index (χ0v) is 10.8. The molecule has 0 aliphatic carbocycles. The van der Waals surface area contributed by atoms with Gasteiger partial charge in [-0.05, 0) is 25.0 Å². The van der Waals surface area contributed by atoms with Crippen molar-refractivity contribution in [3.63, 3.8) is 0 Å². The molecule has 4 nitrogen and oxygen atoms in total. The number of aliphatic carboxylic acids is 1. The van der Waals surface area contributed by atoms with Crippen molar-refractivity contribution in [3.8, 4) is 0 Å². The van der Waals surface area contributed by atoms with Crippen LogP contribution in [0.15, 0.2) is 24.3 Å². The fourth-order valence-electron chi connectivity index (χ4n) is 2.31. The molecule has 0 saturated carbocycles. The highest BCUT2D eigenvalue weighted by molar-refractivity contribution is 5.72. The smallest absolute Gasteiger partial charge is 0.320 e. The van der Waals surface area contributed by atoms with E-state index in [1.54, 1.807) is 6.92 Å². The predicted octanol–water partition coefficient (Wildman–Crippen LogP) is 1.84. The normalized spacial score (nSPS) is 22.7. The first-order chi connectivity index (χ1) is 8.59. The summed E-state index contributed by atoms with van der Waals surface area (Å²) in [6.07, 6.45) is -0.0262. The number of hydrogen-bond donors (Lipinski definition) is 1. The van der Waals surface area contributed by atoms with Crippen LogP contribution in [0.1, 0.15) is 24.2 Å². The number of hydrogen-bond acceptors (Lipinski definition) is 3. The minimum Gasteiger partial charge on any atom is -0.480 e. The van der Waals surface area contributed by atoms with Crippen LogP contribution in [0.4, 0.5) is 0 Å². The van der Waals surface area contributed by atoms with Gasteiger partial charge in [0, 0.05) is 13.1 Å². The van der Waals surface area contributed by atoms with E-state index >= 15 is 0 Å². The molecule has 0 radical (unpaired) electrons. The van der Waals surface area contributed by atoms with Gasteiger partial charge < -0.3 is 9.84 Å². The molecule has 98 valence electrons. The molecule has 0 aromatic heterocycles. The maximum absolute atomic E-state index is 11.0. The standard InChI is InChI=1S/C14H19NO3/c1-10-5-3-4-6-12(10)13-9-15(7-8-18-13)11(2)14(16)17/h3-6,11,13H,7-9H2,1-2H3,(H,16,17)/t11-,13-/m1/s1. The summed E-state index contributed by atoms with van der Waals surface area (Å²) < 4.78 is 5.77. The first-order valence-electron chi connectivity index (χ1n) is 6.23. The molecule has 1 heterocycles. The molecule has 1 aliphatic heterocycles. The number of morpholine rings is 1. The Kier molecular flexibility index (Phi) is 3.99. The second-order valence-electron chi connectivity index (χ2n) is 4.73. The van der Waals surface area contributed by atoms with Crippen LogP contribution in [0.2, 0.25) is 0 Å². The molecule has 2 atom stereocenters. The summed E-state index contributed by atoms with van der Waals surface area (Å²) >= 11 is 0. The highest BCUT2D eigenvalue weighted by atomic mass is 16.5. The molecule has 18 heavy (non-hydrogen) atoms. The van der Waals surface area contributed by atoms with Crippen molar-refractivity contribution < 1.29 is 14.6 Å². The highest BCUT2D eigenvalue weighted by Crippen LogP contribution is 2.25. The Labute approximate surface area is 107 Å². The fourth-order valence-corrected chi connectivity index (χ4v) is 2.31. The van der Waals surface area contributed by atoms with E-state index in [9.17, 15) is 4.79 Å². The van der Waals surface area contributed by atoms with Crippen molar-refractivity contribution in [2.45, 2.75) is 26.0 Å². The van der Waals surface area contributed by atoms with Gasteiger partial charge in [-0.2, -0.15) is 0 Å². The molecular weight excluding hydrogens is 230 g/mol. The Morgan fingerprint density at radius 1 is 1.50 bits per heavy atom. The molecular formula is C14H19NO3. The van der Waals surface area contributed by atoms with E-state index in [2.05, 4.69) is 19.1 Å². The zero-order chi connectivity index (χ0) is 13.1. The van der Waals surface area contributed by atoms with E-state index in [0.29, 0.717) is 19.7 Å². The van der Waals surface area contributed by atoms with Crippen molar-refractivity contribution in [2.75, 3.05) is 19.7 Å². The number of aryl methyl sites for hydroxylation is 1. The number of carboxylic acid groups (broad SMARTS) is 1. The zero-order valence-electron chi connectivity index (χ0n) is 10.8. The van der Waals surface area contributed by atoms with Crippen LogP contribution in [0.25, 0.3) is 0 Å². The van der Waals surface area contributed by atoms with E-state index in [4.69, 9.17) is 9.84 Å². The van der Waals surface area contributed by atoms with Crippen molar-refractivity contribution in [3.05, 3.63) is 35.4 Å². The van der Waals surface area contributed by atoms with E-state index < -0.39 is 12.0 Å². The van der Waals surface area contributed by atoms with Crippen LogP contribution in [0.3, 0.4) is 0 Å². The average Bonchev–Trinajstić information content (AvgIpc) is 2.38. The molecule has 1 fully saturated rings. The van der Waals surface area contributed by atoms with Crippen LogP contribution in [0.5, 0.6) is 0 Å². The molecule has 0 spiro atoms. The molecule has 1 saturated heterocycles. The quantitative estimate of drug-likeness (QED) is 0.888. The Morgan fingerprint density at radius 3 is 2.89 bits per heavy atom. The van der Waals surface area contributed by atoms with Crippen LogP contribution in [-0.2, 0) is 9.53 Å². The van der Waals surface area contributed by atoms with Gasteiger partial charge in [-0.15, -0.1) is 0 Å². The van der Waals surface area contributed by atoms with Gasteiger partial charge in [-0.1, -0.05) is 24.3 Å². The SMILES string of the molecule is Cc1ccccc1[C@H]1CN([C@H](C)C(=O)O)CCO1. The van der Waals surface area contributed by atoms with Crippen molar-refractivity contribution >= 4 is 5.97 Å². The minimum atomic E-state index is -0.777. The van der Waals surface area contributed by atoms with Gasteiger partial charge in [0.25, 0.3) is 0 Å². The lowest BCUT2D eigenvalue weighted by molar-refractivity contribution is -0.145. The molecule has 2 rings (SSSR count). The summed E-state index contributed by atoms with van der Waals surface area (Å²) in [7, 11) is 0. The number of carboxylic acids is 1.